The van der Waals surface area contributed by atoms with Crippen LogP contribution in [-0.4, -0.2) is 19.1 Å². The number of hydrogen-bond donors (Lipinski definition) is 0. The molecule has 1 unspecified atom stereocenters. The van der Waals surface area contributed by atoms with Crippen LogP contribution < -0.4 is 14.7 Å². The fourth-order valence-corrected chi connectivity index (χ4v) is 8.79. The van der Waals surface area contributed by atoms with Gasteiger partial charge in [-0.1, -0.05) is 106 Å². The first-order chi connectivity index (χ1) is 24.1. The molecule has 0 amide bonds. The lowest BCUT2D eigenvalue weighted by molar-refractivity contribution is 0.478. The Morgan fingerprint density at radius 3 is 1.92 bits per heavy atom. The summed E-state index contributed by atoms with van der Waals surface area (Å²) in [5.74, 6) is 0. The fraction of sp³-hybridized carbons (Fsp3) is 0.289. The van der Waals surface area contributed by atoms with Crippen LogP contribution in [-0.2, 0) is 10.8 Å². The van der Waals surface area contributed by atoms with Crippen LogP contribution >= 0.6 is 23.2 Å². The Kier molecular flexibility index (Phi) is 9.26. The number of rotatable bonds is 8. The minimum atomic E-state index is -0.174. The predicted molar refractivity (Wildman–Crippen MR) is 215 cm³/mol. The molecule has 1 aliphatic carbocycles. The summed E-state index contributed by atoms with van der Waals surface area (Å²) >= 11 is 13.1. The number of likely N-dealkylation sites (N-methyl/N-ethyl adjacent to an activating group) is 2. The molecule has 0 fully saturated rings. The van der Waals surface area contributed by atoms with Crippen LogP contribution in [0, 0.1) is 0 Å². The van der Waals surface area contributed by atoms with E-state index < -0.39 is 0 Å². The molecule has 2 aliphatic heterocycles. The van der Waals surface area contributed by atoms with Crippen LogP contribution in [0.15, 0.2) is 144 Å². The van der Waals surface area contributed by atoms with Gasteiger partial charge in [0.05, 0.1) is 11.7 Å². The summed E-state index contributed by atoms with van der Waals surface area (Å²) in [6, 6.07) is 34.5. The highest BCUT2D eigenvalue weighted by molar-refractivity contribution is 6.31. The van der Waals surface area contributed by atoms with Gasteiger partial charge in [-0.2, -0.15) is 0 Å². The fourth-order valence-electron chi connectivity index (χ4n) is 8.45. The second-order valence-corrected chi connectivity index (χ2v) is 15.5. The highest BCUT2D eigenvalue weighted by Gasteiger charge is 2.43. The number of hydrogen-bond acceptors (Lipinski definition) is 3. The molecule has 3 nitrogen and oxygen atoms in total. The Morgan fingerprint density at radius 1 is 0.720 bits per heavy atom. The molecule has 7 rings (SSSR count). The Balaban J connectivity index is 1.37. The van der Waals surface area contributed by atoms with E-state index in [9.17, 15) is 0 Å². The van der Waals surface area contributed by atoms with Crippen molar-refractivity contribution in [2.75, 3.05) is 27.8 Å². The lowest BCUT2D eigenvalue weighted by atomic mass is 9.80. The molecule has 0 bridgehead atoms. The third kappa shape index (κ3) is 5.89. The molecule has 5 heteroatoms. The molecule has 256 valence electrons. The molecule has 4 aromatic rings. The molecule has 0 radical (unpaired) electrons. The number of para-hydroxylation sites is 2. The van der Waals surface area contributed by atoms with Crippen LogP contribution in [0.4, 0.5) is 22.7 Å². The second kappa shape index (κ2) is 13.5. The average molecular weight is 701 g/mol. The van der Waals surface area contributed by atoms with Gasteiger partial charge in [-0.15, -0.1) is 0 Å². The van der Waals surface area contributed by atoms with Crippen LogP contribution in [0.1, 0.15) is 65.5 Å². The number of anilines is 4. The second-order valence-electron chi connectivity index (χ2n) is 14.6. The van der Waals surface area contributed by atoms with Crippen molar-refractivity contribution in [1.29, 1.82) is 0 Å². The van der Waals surface area contributed by atoms with E-state index in [1.165, 1.54) is 45.0 Å². The van der Waals surface area contributed by atoms with Crippen molar-refractivity contribution >= 4 is 46.0 Å². The highest BCUT2D eigenvalue weighted by Crippen LogP contribution is 2.50. The summed E-state index contributed by atoms with van der Waals surface area (Å²) < 4.78 is 0. The maximum Gasteiger partial charge on any atom is 0.0568 e. The molecule has 0 spiro atoms. The van der Waals surface area contributed by atoms with E-state index in [2.05, 4.69) is 165 Å². The van der Waals surface area contributed by atoms with Gasteiger partial charge < -0.3 is 14.7 Å². The van der Waals surface area contributed by atoms with Gasteiger partial charge in [0.25, 0.3) is 0 Å². The van der Waals surface area contributed by atoms with Gasteiger partial charge in [-0.25, -0.2) is 0 Å². The van der Waals surface area contributed by atoms with E-state index in [4.69, 9.17) is 23.2 Å². The standard InChI is InChI=1S/C45H47Cl2N3/c1-7-48-39-25-23-33(46)29-37(39)44(3,4)41(48)27-21-31-19-20-32(43(31)50(35-15-11-9-12-16-35)36-17-13-10-14-18-36)22-28-42-45(5,6)38-30-34(47)24-26-40(38)49(42)8-2/h9-18,21-30,41H,7-8,19-20H2,1-6H3/b27-21+,32-22+,42-28+. The van der Waals surface area contributed by atoms with Crippen molar-refractivity contribution in [3.8, 4) is 0 Å². The number of allylic oxidation sites excluding steroid dienone is 6. The van der Waals surface area contributed by atoms with Crippen LogP contribution in [0.2, 0.25) is 10.0 Å². The molecule has 0 saturated carbocycles. The van der Waals surface area contributed by atoms with Crippen molar-refractivity contribution in [1.82, 2.24) is 0 Å². The molecular weight excluding hydrogens is 653 g/mol. The normalized spacial score (nSPS) is 20.8. The van der Waals surface area contributed by atoms with Crippen molar-refractivity contribution in [2.45, 2.75) is 71.3 Å². The molecule has 2 heterocycles. The largest absolute Gasteiger partial charge is 0.364 e. The highest BCUT2D eigenvalue weighted by atomic mass is 35.5. The van der Waals surface area contributed by atoms with Gasteiger partial charge in [0.15, 0.2) is 0 Å². The Bertz CT molecular complexity index is 1980. The number of benzene rings is 4. The van der Waals surface area contributed by atoms with Crippen molar-refractivity contribution in [3.63, 3.8) is 0 Å². The van der Waals surface area contributed by atoms with E-state index in [-0.39, 0.29) is 16.9 Å². The van der Waals surface area contributed by atoms with Gasteiger partial charge in [0.2, 0.25) is 0 Å². The smallest absolute Gasteiger partial charge is 0.0568 e. The quantitative estimate of drug-likeness (QED) is 0.181. The maximum atomic E-state index is 6.53. The first-order valence-corrected chi connectivity index (χ1v) is 18.7. The molecule has 0 aromatic heterocycles. The Hall–Kier alpha value is -4.18. The third-order valence-corrected chi connectivity index (χ3v) is 11.5. The first kappa shape index (κ1) is 34.3. The van der Waals surface area contributed by atoms with E-state index >= 15 is 0 Å². The number of nitrogens with zero attached hydrogens (tertiary/aromatic N) is 3. The summed E-state index contributed by atoms with van der Waals surface area (Å²) in [6.45, 7) is 15.6. The summed E-state index contributed by atoms with van der Waals surface area (Å²) in [4.78, 5) is 7.42. The van der Waals surface area contributed by atoms with Crippen LogP contribution in [0.3, 0.4) is 0 Å². The van der Waals surface area contributed by atoms with Crippen molar-refractivity contribution in [2.24, 2.45) is 0 Å². The monoisotopic (exact) mass is 699 g/mol. The average Bonchev–Trinajstić information content (AvgIpc) is 3.68. The molecule has 50 heavy (non-hydrogen) atoms. The number of halogens is 2. The van der Waals surface area contributed by atoms with Crippen LogP contribution in [0.5, 0.6) is 0 Å². The van der Waals surface area contributed by atoms with Gasteiger partial charge in [-0.3, -0.25) is 0 Å². The number of fused-ring (bicyclic) bond motifs is 2. The minimum Gasteiger partial charge on any atom is -0.364 e. The lowest BCUT2D eigenvalue weighted by Crippen LogP contribution is -2.39. The molecule has 0 saturated heterocycles. The summed E-state index contributed by atoms with van der Waals surface area (Å²) in [5.41, 5.74) is 12.4. The molecule has 4 aromatic carbocycles. The van der Waals surface area contributed by atoms with Crippen molar-refractivity contribution < 1.29 is 0 Å². The van der Waals surface area contributed by atoms with Gasteiger partial charge >= 0.3 is 0 Å². The Labute approximate surface area is 308 Å². The third-order valence-electron chi connectivity index (χ3n) is 11.0. The zero-order valence-corrected chi connectivity index (χ0v) is 31.6. The maximum absolute atomic E-state index is 6.53. The van der Waals surface area contributed by atoms with E-state index in [1.807, 2.05) is 12.1 Å². The lowest BCUT2D eigenvalue weighted by Gasteiger charge is -2.32. The molecular formula is C45H47Cl2N3. The molecule has 3 aliphatic rings. The Morgan fingerprint density at radius 2 is 1.32 bits per heavy atom. The summed E-state index contributed by atoms with van der Waals surface area (Å²) in [5, 5.41) is 1.58. The minimum absolute atomic E-state index is 0.0940. The van der Waals surface area contributed by atoms with E-state index in [0.717, 1.165) is 47.4 Å². The summed E-state index contributed by atoms with van der Waals surface area (Å²) in [6.07, 6.45) is 11.5. The van der Waals surface area contributed by atoms with Crippen molar-refractivity contribution in [3.05, 3.63) is 165 Å². The first-order valence-electron chi connectivity index (χ1n) is 17.9. The summed E-state index contributed by atoms with van der Waals surface area (Å²) in [7, 11) is 0. The zero-order chi connectivity index (χ0) is 35.2. The molecule has 0 N–H and O–H groups in total. The SMILES string of the molecule is CCN1/C(=C/C=C2\CCC(/C=C/C3N(CC)c4ccc(Cl)cc4C3(C)C)=C2N(c2ccccc2)c2ccccc2)C(C)(C)c2cc(Cl)ccc21. The van der Waals surface area contributed by atoms with E-state index in [1.54, 1.807) is 0 Å². The molecule has 1 atom stereocenters. The van der Waals surface area contributed by atoms with Crippen LogP contribution in [0.25, 0.3) is 0 Å². The van der Waals surface area contributed by atoms with Gasteiger partial charge in [0.1, 0.15) is 0 Å². The van der Waals surface area contributed by atoms with Gasteiger partial charge in [-0.05, 0) is 116 Å². The zero-order valence-electron chi connectivity index (χ0n) is 30.1. The van der Waals surface area contributed by atoms with Gasteiger partial charge in [0, 0.05) is 62.4 Å². The topological polar surface area (TPSA) is 9.72 Å². The predicted octanol–water partition coefficient (Wildman–Crippen LogP) is 12.5. The van der Waals surface area contributed by atoms with E-state index in [0.29, 0.717) is 0 Å².